The van der Waals surface area contributed by atoms with Gasteiger partial charge in [-0.05, 0) is 42.0 Å². The highest BCUT2D eigenvalue weighted by Crippen LogP contribution is 2.28. The molecule has 0 bridgehead atoms. The van der Waals surface area contributed by atoms with Gasteiger partial charge in [0.1, 0.15) is 11.4 Å². The van der Waals surface area contributed by atoms with Gasteiger partial charge in [0.25, 0.3) is 5.91 Å². The number of methoxy groups -OCH3 is 3. The third kappa shape index (κ3) is 4.34. The Morgan fingerprint density at radius 1 is 0.844 bits per heavy atom. The summed E-state index contributed by atoms with van der Waals surface area (Å²) in [6, 6.07) is 13.0. The lowest BCUT2D eigenvalue weighted by atomic mass is 10.1. The van der Waals surface area contributed by atoms with Gasteiger partial charge in [-0.25, -0.2) is 0 Å². The fraction of sp³-hybridized carbons (Fsp3) is 0.333. The first-order valence-corrected chi connectivity index (χ1v) is 10.5. The molecule has 168 valence electrons. The van der Waals surface area contributed by atoms with Crippen LogP contribution in [0.15, 0.2) is 42.5 Å². The van der Waals surface area contributed by atoms with Crippen LogP contribution in [-0.2, 0) is 11.2 Å². The van der Waals surface area contributed by atoms with Crippen molar-refractivity contribution in [3.8, 4) is 17.2 Å². The molecule has 8 nitrogen and oxygen atoms in total. The van der Waals surface area contributed by atoms with E-state index in [4.69, 9.17) is 14.2 Å². The number of piperazine rings is 1. The number of carbonyl (C=O) groups is 2. The molecule has 0 spiro atoms. The molecule has 1 saturated heterocycles. The summed E-state index contributed by atoms with van der Waals surface area (Å²) in [5.41, 5.74) is 2.29. The molecule has 1 fully saturated rings. The maximum absolute atomic E-state index is 13.0. The van der Waals surface area contributed by atoms with E-state index in [0.29, 0.717) is 43.4 Å². The van der Waals surface area contributed by atoms with Crippen molar-refractivity contribution in [3.63, 3.8) is 0 Å². The van der Waals surface area contributed by atoms with Crippen molar-refractivity contribution in [2.24, 2.45) is 0 Å². The monoisotopic (exact) mass is 437 g/mol. The van der Waals surface area contributed by atoms with Crippen LogP contribution in [0.5, 0.6) is 17.2 Å². The molecule has 0 radical (unpaired) electrons. The molecule has 0 atom stereocenters. The molecule has 1 N–H and O–H groups in total. The standard InChI is InChI=1S/C24H27N3O5/c1-30-18-5-6-19-17(14-18)15-20(25-19)24(29)27-10-8-26(9-11-27)23(28)13-16-4-7-21(31-2)22(12-16)32-3/h4-7,12,14-15,25H,8-11,13H2,1-3H3. The third-order valence-corrected chi connectivity index (χ3v) is 5.78. The predicted octanol–water partition coefficient (Wildman–Crippen LogP) is 2.72. The fourth-order valence-electron chi connectivity index (χ4n) is 3.96. The third-order valence-electron chi connectivity index (χ3n) is 5.78. The molecular weight excluding hydrogens is 410 g/mol. The van der Waals surface area contributed by atoms with Crippen LogP contribution in [0.2, 0.25) is 0 Å². The number of nitrogens with one attached hydrogen (secondary N) is 1. The first-order valence-electron chi connectivity index (χ1n) is 10.5. The van der Waals surface area contributed by atoms with Gasteiger partial charge in [0.05, 0.1) is 27.8 Å². The van der Waals surface area contributed by atoms with E-state index in [9.17, 15) is 9.59 Å². The quantitative estimate of drug-likeness (QED) is 0.641. The van der Waals surface area contributed by atoms with Gasteiger partial charge in [0, 0.05) is 37.1 Å². The van der Waals surface area contributed by atoms with Gasteiger partial charge in [0.2, 0.25) is 5.91 Å². The zero-order valence-electron chi connectivity index (χ0n) is 18.5. The van der Waals surface area contributed by atoms with Crippen LogP contribution in [0.4, 0.5) is 0 Å². The first kappa shape index (κ1) is 21.5. The minimum Gasteiger partial charge on any atom is -0.497 e. The van der Waals surface area contributed by atoms with Gasteiger partial charge < -0.3 is 29.0 Å². The molecular formula is C24H27N3O5. The summed E-state index contributed by atoms with van der Waals surface area (Å²) < 4.78 is 15.8. The lowest BCUT2D eigenvalue weighted by Crippen LogP contribution is -2.51. The van der Waals surface area contributed by atoms with Crippen LogP contribution >= 0.6 is 0 Å². The van der Waals surface area contributed by atoms with Crippen LogP contribution < -0.4 is 14.2 Å². The fourth-order valence-corrected chi connectivity index (χ4v) is 3.96. The second-order valence-corrected chi connectivity index (χ2v) is 7.68. The number of benzene rings is 2. The van der Waals surface area contributed by atoms with Crippen molar-refractivity contribution in [1.82, 2.24) is 14.8 Å². The van der Waals surface area contributed by atoms with Crippen LogP contribution in [-0.4, -0.2) is 74.1 Å². The van der Waals surface area contributed by atoms with Crippen LogP contribution in [0.25, 0.3) is 10.9 Å². The van der Waals surface area contributed by atoms with Crippen molar-refractivity contribution in [2.45, 2.75) is 6.42 Å². The Kier molecular flexibility index (Phi) is 6.20. The summed E-state index contributed by atoms with van der Waals surface area (Å²) in [7, 11) is 4.77. The van der Waals surface area contributed by atoms with E-state index in [0.717, 1.165) is 22.2 Å². The molecule has 32 heavy (non-hydrogen) atoms. The molecule has 2 aromatic carbocycles. The number of aromatic amines is 1. The number of hydrogen-bond acceptors (Lipinski definition) is 5. The Bertz CT molecular complexity index is 1130. The van der Waals surface area contributed by atoms with Crippen molar-refractivity contribution in [2.75, 3.05) is 47.5 Å². The molecule has 1 aliphatic heterocycles. The molecule has 8 heteroatoms. The van der Waals surface area contributed by atoms with Crippen molar-refractivity contribution >= 4 is 22.7 Å². The van der Waals surface area contributed by atoms with Gasteiger partial charge in [-0.3, -0.25) is 9.59 Å². The Morgan fingerprint density at radius 3 is 2.25 bits per heavy atom. The normalized spacial score (nSPS) is 13.8. The number of rotatable bonds is 6. The number of aromatic nitrogens is 1. The lowest BCUT2D eigenvalue weighted by Gasteiger charge is -2.34. The van der Waals surface area contributed by atoms with Gasteiger partial charge in [-0.1, -0.05) is 6.07 Å². The molecule has 2 heterocycles. The van der Waals surface area contributed by atoms with E-state index in [1.54, 1.807) is 37.2 Å². The Hall–Kier alpha value is -3.68. The summed E-state index contributed by atoms with van der Waals surface area (Å²) in [6.45, 7) is 2.00. The van der Waals surface area contributed by atoms with E-state index in [1.807, 2.05) is 36.4 Å². The topological polar surface area (TPSA) is 84.1 Å². The molecule has 4 rings (SSSR count). The molecule has 0 saturated carbocycles. The second-order valence-electron chi connectivity index (χ2n) is 7.68. The molecule has 2 amide bonds. The zero-order chi connectivity index (χ0) is 22.7. The summed E-state index contributed by atoms with van der Waals surface area (Å²) in [6.07, 6.45) is 0.276. The van der Waals surface area contributed by atoms with E-state index < -0.39 is 0 Å². The lowest BCUT2D eigenvalue weighted by molar-refractivity contribution is -0.131. The molecule has 3 aromatic rings. The number of H-pyrrole nitrogens is 1. The highest BCUT2D eigenvalue weighted by Gasteiger charge is 2.26. The molecule has 1 aromatic heterocycles. The summed E-state index contributed by atoms with van der Waals surface area (Å²) in [4.78, 5) is 32.5. The predicted molar refractivity (Wildman–Crippen MR) is 121 cm³/mol. The first-order chi connectivity index (χ1) is 15.5. The summed E-state index contributed by atoms with van der Waals surface area (Å²) >= 11 is 0. The number of hydrogen-bond donors (Lipinski definition) is 1. The minimum atomic E-state index is -0.0628. The zero-order valence-corrected chi connectivity index (χ0v) is 18.5. The van der Waals surface area contributed by atoms with Crippen LogP contribution in [0.1, 0.15) is 16.1 Å². The second kappa shape index (κ2) is 9.21. The van der Waals surface area contributed by atoms with Gasteiger partial charge in [-0.15, -0.1) is 0 Å². The van der Waals surface area contributed by atoms with E-state index in [-0.39, 0.29) is 18.2 Å². The number of carbonyl (C=O) groups excluding carboxylic acids is 2. The maximum Gasteiger partial charge on any atom is 0.270 e. The SMILES string of the molecule is COc1ccc2[nH]c(C(=O)N3CCN(C(=O)Cc4ccc(OC)c(OC)c4)CC3)cc2c1. The highest BCUT2D eigenvalue weighted by atomic mass is 16.5. The van der Waals surface area contributed by atoms with Gasteiger partial charge in [-0.2, -0.15) is 0 Å². The van der Waals surface area contributed by atoms with Crippen molar-refractivity contribution < 1.29 is 23.8 Å². The molecule has 0 unspecified atom stereocenters. The number of amides is 2. The molecule has 1 aliphatic rings. The Balaban J connectivity index is 1.36. The van der Waals surface area contributed by atoms with Crippen LogP contribution in [0, 0.1) is 0 Å². The number of fused-ring (bicyclic) bond motifs is 1. The average Bonchev–Trinajstić information content (AvgIpc) is 3.26. The highest BCUT2D eigenvalue weighted by molar-refractivity contribution is 5.98. The smallest absolute Gasteiger partial charge is 0.270 e. The van der Waals surface area contributed by atoms with Crippen molar-refractivity contribution in [3.05, 3.63) is 53.7 Å². The average molecular weight is 437 g/mol. The van der Waals surface area contributed by atoms with E-state index in [1.165, 1.54) is 0 Å². The summed E-state index contributed by atoms with van der Waals surface area (Å²) in [5.74, 6) is 1.95. The number of ether oxygens (including phenoxy) is 3. The van der Waals surface area contributed by atoms with Crippen molar-refractivity contribution in [1.29, 1.82) is 0 Å². The van der Waals surface area contributed by atoms with E-state index >= 15 is 0 Å². The summed E-state index contributed by atoms with van der Waals surface area (Å²) in [5, 5.41) is 0.927. The molecule has 0 aliphatic carbocycles. The Morgan fingerprint density at radius 2 is 1.56 bits per heavy atom. The largest absolute Gasteiger partial charge is 0.497 e. The maximum atomic E-state index is 13.0. The number of nitrogens with zero attached hydrogens (tertiary/aromatic N) is 2. The Labute approximate surface area is 186 Å². The van der Waals surface area contributed by atoms with E-state index in [2.05, 4.69) is 4.98 Å². The minimum absolute atomic E-state index is 0.0297. The van der Waals surface area contributed by atoms with Crippen LogP contribution in [0.3, 0.4) is 0 Å². The van der Waals surface area contributed by atoms with Gasteiger partial charge >= 0.3 is 0 Å². The van der Waals surface area contributed by atoms with Gasteiger partial charge in [0.15, 0.2) is 11.5 Å².